The second-order valence-electron chi connectivity index (χ2n) is 5.98. The highest BCUT2D eigenvalue weighted by Crippen LogP contribution is 2.34. The molecule has 1 unspecified atom stereocenters. The molecule has 1 aliphatic rings. The average molecular weight is 363 g/mol. The summed E-state index contributed by atoms with van der Waals surface area (Å²) in [5, 5.41) is 1.16. The van der Waals surface area contributed by atoms with Crippen molar-refractivity contribution in [3.63, 3.8) is 0 Å². The maximum Gasteiger partial charge on any atom is 0.119 e. The molecule has 1 aliphatic heterocycles. The van der Waals surface area contributed by atoms with E-state index in [1.807, 2.05) is 6.07 Å². The lowest BCUT2D eigenvalue weighted by Crippen LogP contribution is -2.20. The van der Waals surface area contributed by atoms with Crippen LogP contribution in [0, 0.1) is 0 Å². The Balaban J connectivity index is 1.99. The van der Waals surface area contributed by atoms with Crippen molar-refractivity contribution in [2.75, 3.05) is 13.7 Å². The highest BCUT2D eigenvalue weighted by atomic mass is 35.5. The Hall–Kier alpha value is -1.58. The quantitative estimate of drug-likeness (QED) is 0.720. The summed E-state index contributed by atoms with van der Waals surface area (Å²) in [6.07, 6.45) is 6.11. The van der Waals surface area contributed by atoms with Crippen molar-refractivity contribution in [1.29, 1.82) is 0 Å². The van der Waals surface area contributed by atoms with E-state index < -0.39 is 0 Å². The third-order valence-corrected chi connectivity index (χ3v) is 5.10. The molecule has 0 fully saturated rings. The van der Waals surface area contributed by atoms with E-state index in [-0.39, 0.29) is 0 Å². The molecule has 2 aromatic rings. The van der Waals surface area contributed by atoms with E-state index in [9.17, 15) is 0 Å². The van der Waals surface area contributed by atoms with Crippen LogP contribution in [0.2, 0.25) is 10.0 Å². The van der Waals surface area contributed by atoms with Crippen LogP contribution in [0.15, 0.2) is 35.6 Å². The van der Waals surface area contributed by atoms with Gasteiger partial charge >= 0.3 is 0 Å². The summed E-state index contributed by atoms with van der Waals surface area (Å²) in [6.45, 7) is 3.00. The number of aromatic nitrogens is 1. The minimum atomic E-state index is 0.437. The van der Waals surface area contributed by atoms with Crippen molar-refractivity contribution >= 4 is 28.9 Å². The summed E-state index contributed by atoms with van der Waals surface area (Å²) >= 11 is 12.6. The van der Waals surface area contributed by atoms with Gasteiger partial charge in [0.2, 0.25) is 0 Å². The number of fused-ring (bicyclic) bond motifs is 1. The molecule has 0 saturated heterocycles. The summed E-state index contributed by atoms with van der Waals surface area (Å²) in [7, 11) is 1.70. The van der Waals surface area contributed by atoms with Gasteiger partial charge in [0.25, 0.3) is 0 Å². The predicted molar refractivity (Wildman–Crippen MR) is 100 cm³/mol. The third-order valence-electron chi connectivity index (χ3n) is 4.45. The molecule has 1 aromatic carbocycles. The molecule has 3 nitrogen and oxygen atoms in total. The maximum atomic E-state index is 6.28. The van der Waals surface area contributed by atoms with E-state index in [2.05, 4.69) is 24.0 Å². The lowest BCUT2D eigenvalue weighted by molar-refractivity contribution is 0.413. The Kier molecular flexibility index (Phi) is 5.42. The molecule has 0 saturated carbocycles. The molecule has 0 radical (unpaired) electrons. The van der Waals surface area contributed by atoms with Crippen LogP contribution in [0.1, 0.15) is 42.4 Å². The van der Waals surface area contributed by atoms with Gasteiger partial charge in [0, 0.05) is 37.0 Å². The number of methoxy groups -OCH3 is 1. The number of aliphatic imine (C=N–C) groups is 1. The molecule has 3 rings (SSSR count). The minimum Gasteiger partial charge on any atom is -0.497 e. The second-order valence-corrected chi connectivity index (χ2v) is 6.80. The van der Waals surface area contributed by atoms with E-state index in [0.29, 0.717) is 22.4 Å². The molecule has 0 bridgehead atoms. The first-order valence-corrected chi connectivity index (χ1v) is 8.89. The van der Waals surface area contributed by atoms with E-state index in [1.165, 1.54) is 11.1 Å². The van der Waals surface area contributed by atoms with Crippen LogP contribution in [0.4, 0.5) is 0 Å². The van der Waals surface area contributed by atoms with Crippen LogP contribution in [0.5, 0.6) is 5.75 Å². The standard InChI is InChI=1S/C19H20Cl2N2O/c1-3-4-12-9-23-19(8-16-17(20)10-22-11-18(16)21)14-6-5-13(24-2)7-15(12)14/h5-7,10-12H,3-4,8-9H2,1-2H3. The molecule has 0 spiro atoms. The lowest BCUT2D eigenvalue weighted by atomic mass is 9.85. The largest absolute Gasteiger partial charge is 0.497 e. The van der Waals surface area contributed by atoms with Crippen molar-refractivity contribution < 1.29 is 4.74 Å². The fourth-order valence-electron chi connectivity index (χ4n) is 3.19. The minimum absolute atomic E-state index is 0.437. The third kappa shape index (κ3) is 3.42. The topological polar surface area (TPSA) is 34.5 Å². The first-order chi connectivity index (χ1) is 11.6. The van der Waals surface area contributed by atoms with Gasteiger partial charge in [-0.2, -0.15) is 0 Å². The van der Waals surface area contributed by atoms with Crippen molar-refractivity contribution in [2.45, 2.75) is 32.1 Å². The SMILES string of the molecule is CCCC1CN=C(Cc2c(Cl)cncc2Cl)c2ccc(OC)cc21. The summed E-state index contributed by atoms with van der Waals surface area (Å²) in [5.74, 6) is 1.32. The van der Waals surface area contributed by atoms with Gasteiger partial charge in [-0.25, -0.2) is 0 Å². The number of hydrogen-bond donors (Lipinski definition) is 0. The zero-order chi connectivity index (χ0) is 17.1. The van der Waals surface area contributed by atoms with Crippen molar-refractivity contribution in [3.8, 4) is 5.75 Å². The number of rotatable bonds is 5. The highest BCUT2D eigenvalue weighted by Gasteiger charge is 2.24. The van der Waals surface area contributed by atoms with Crippen LogP contribution in [-0.4, -0.2) is 24.4 Å². The predicted octanol–water partition coefficient (Wildman–Crippen LogP) is 5.33. The number of nitrogens with zero attached hydrogens (tertiary/aromatic N) is 2. The summed E-state index contributed by atoms with van der Waals surface area (Å²) < 4.78 is 5.41. The maximum absolute atomic E-state index is 6.28. The van der Waals surface area contributed by atoms with Gasteiger partial charge in [0.05, 0.1) is 17.2 Å². The number of halogens is 2. The summed E-state index contributed by atoms with van der Waals surface area (Å²) in [6, 6.07) is 6.22. The first kappa shape index (κ1) is 17.2. The molecule has 126 valence electrons. The van der Waals surface area contributed by atoms with Crippen LogP contribution in [0.3, 0.4) is 0 Å². The Morgan fingerprint density at radius 3 is 2.62 bits per heavy atom. The molecule has 5 heteroatoms. The van der Waals surface area contributed by atoms with Crippen molar-refractivity contribution in [1.82, 2.24) is 4.98 Å². The van der Waals surface area contributed by atoms with E-state index in [1.54, 1.807) is 19.5 Å². The fourth-order valence-corrected chi connectivity index (χ4v) is 3.69. The summed E-state index contributed by atoms with van der Waals surface area (Å²) in [4.78, 5) is 8.86. The van der Waals surface area contributed by atoms with Gasteiger partial charge in [0.1, 0.15) is 5.75 Å². The first-order valence-electron chi connectivity index (χ1n) is 8.13. The Morgan fingerprint density at radius 2 is 1.96 bits per heavy atom. The zero-order valence-electron chi connectivity index (χ0n) is 13.9. The molecule has 0 N–H and O–H groups in total. The second kappa shape index (κ2) is 7.54. The van der Waals surface area contributed by atoms with E-state index >= 15 is 0 Å². The van der Waals surface area contributed by atoms with E-state index in [0.717, 1.165) is 36.4 Å². The monoisotopic (exact) mass is 362 g/mol. The smallest absolute Gasteiger partial charge is 0.119 e. The highest BCUT2D eigenvalue weighted by molar-refractivity contribution is 6.36. The molecule has 2 heterocycles. The zero-order valence-corrected chi connectivity index (χ0v) is 15.4. The molecular formula is C19H20Cl2N2O. The van der Waals surface area contributed by atoms with Gasteiger partial charge in [-0.1, -0.05) is 36.5 Å². The molecule has 1 aromatic heterocycles. The molecule has 0 amide bonds. The van der Waals surface area contributed by atoms with Crippen molar-refractivity contribution in [3.05, 3.63) is 57.3 Å². The van der Waals surface area contributed by atoms with Gasteiger partial charge < -0.3 is 4.74 Å². The number of ether oxygens (including phenoxy) is 1. The normalized spacial score (nSPS) is 16.5. The van der Waals surface area contributed by atoms with Crippen LogP contribution < -0.4 is 4.74 Å². The number of benzene rings is 1. The van der Waals surface area contributed by atoms with Crippen molar-refractivity contribution in [2.24, 2.45) is 4.99 Å². The molecular weight excluding hydrogens is 343 g/mol. The Morgan fingerprint density at radius 1 is 1.21 bits per heavy atom. The van der Waals surface area contributed by atoms with Gasteiger partial charge in [-0.15, -0.1) is 0 Å². The molecule has 0 aliphatic carbocycles. The molecule has 1 atom stereocenters. The van der Waals surface area contributed by atoms with Gasteiger partial charge in [-0.3, -0.25) is 9.98 Å². The fraction of sp³-hybridized carbons (Fsp3) is 0.368. The van der Waals surface area contributed by atoms with Gasteiger partial charge in [-0.05, 0) is 41.3 Å². The molecule has 24 heavy (non-hydrogen) atoms. The Labute approximate surface area is 152 Å². The van der Waals surface area contributed by atoms with Gasteiger partial charge in [0.15, 0.2) is 0 Å². The Bertz CT molecular complexity index is 754. The lowest BCUT2D eigenvalue weighted by Gasteiger charge is -2.25. The van der Waals surface area contributed by atoms with E-state index in [4.69, 9.17) is 32.9 Å². The number of hydrogen-bond acceptors (Lipinski definition) is 3. The summed E-state index contributed by atoms with van der Waals surface area (Å²) in [5.41, 5.74) is 4.38. The van der Waals surface area contributed by atoms with Crippen LogP contribution in [-0.2, 0) is 6.42 Å². The van der Waals surface area contributed by atoms with Crippen LogP contribution >= 0.6 is 23.2 Å². The number of pyridine rings is 1. The van der Waals surface area contributed by atoms with Crippen LogP contribution in [0.25, 0.3) is 0 Å². The average Bonchev–Trinajstić information content (AvgIpc) is 2.59.